The molecule has 0 fully saturated rings. The molecule has 5 nitrogen and oxygen atoms in total. The minimum Gasteiger partial charge on any atom is -0.481 e. The maximum Gasteiger partial charge on any atom is 0.305 e. The van der Waals surface area contributed by atoms with Crippen LogP contribution >= 0.6 is 0 Å². The highest BCUT2D eigenvalue weighted by atomic mass is 16.5. The Kier molecular flexibility index (Phi) is 7.62. The van der Waals surface area contributed by atoms with E-state index in [0.717, 1.165) is 12.8 Å². The molecule has 0 aliphatic rings. The summed E-state index contributed by atoms with van der Waals surface area (Å²) in [7, 11) is 0. The van der Waals surface area contributed by atoms with Crippen LogP contribution < -0.4 is 5.32 Å². The number of amides is 1. The standard InChI is InChI=1S/C10H19NO4/c1-3-4-5-15-7-9(12)11-8(2)6-10(13)14/h8H,3-7H2,1-2H3,(H,11,12)(H,13,14). The first-order valence-corrected chi connectivity index (χ1v) is 5.15. The third-order valence-corrected chi connectivity index (χ3v) is 1.76. The van der Waals surface area contributed by atoms with E-state index in [1.807, 2.05) is 6.92 Å². The lowest BCUT2D eigenvalue weighted by atomic mass is 10.2. The van der Waals surface area contributed by atoms with Crippen LogP contribution in [0.2, 0.25) is 0 Å². The number of carbonyl (C=O) groups excluding carboxylic acids is 1. The summed E-state index contributed by atoms with van der Waals surface area (Å²) in [5.41, 5.74) is 0. The summed E-state index contributed by atoms with van der Waals surface area (Å²) in [6.45, 7) is 4.26. The van der Waals surface area contributed by atoms with E-state index in [1.54, 1.807) is 6.92 Å². The molecule has 5 heteroatoms. The van der Waals surface area contributed by atoms with Crippen LogP contribution in [0, 0.1) is 0 Å². The molecule has 15 heavy (non-hydrogen) atoms. The van der Waals surface area contributed by atoms with E-state index in [2.05, 4.69) is 5.32 Å². The number of ether oxygens (including phenoxy) is 1. The van der Waals surface area contributed by atoms with Gasteiger partial charge in [0.2, 0.25) is 5.91 Å². The predicted octanol–water partition coefficient (Wildman–Crippen LogP) is 0.782. The molecule has 0 aromatic rings. The second-order valence-electron chi connectivity index (χ2n) is 3.47. The molecular weight excluding hydrogens is 198 g/mol. The van der Waals surface area contributed by atoms with Crippen molar-refractivity contribution in [3.05, 3.63) is 0 Å². The quantitative estimate of drug-likeness (QED) is 0.589. The lowest BCUT2D eigenvalue weighted by molar-refractivity contribution is -0.137. The Morgan fingerprint density at radius 1 is 1.47 bits per heavy atom. The van der Waals surface area contributed by atoms with Crippen LogP contribution in [0.25, 0.3) is 0 Å². The van der Waals surface area contributed by atoms with E-state index in [0.29, 0.717) is 6.61 Å². The molecule has 0 bridgehead atoms. The highest BCUT2D eigenvalue weighted by Gasteiger charge is 2.10. The summed E-state index contributed by atoms with van der Waals surface area (Å²) < 4.78 is 5.08. The maximum atomic E-state index is 11.2. The van der Waals surface area contributed by atoms with Crippen molar-refractivity contribution < 1.29 is 19.4 Å². The van der Waals surface area contributed by atoms with Crippen molar-refractivity contribution in [3.8, 4) is 0 Å². The first kappa shape index (κ1) is 13.9. The number of aliphatic carboxylic acids is 1. The minimum atomic E-state index is -0.922. The molecule has 88 valence electrons. The Hall–Kier alpha value is -1.10. The molecule has 0 spiro atoms. The molecule has 0 saturated heterocycles. The Morgan fingerprint density at radius 3 is 2.67 bits per heavy atom. The summed E-state index contributed by atoms with van der Waals surface area (Å²) in [5, 5.41) is 11.0. The summed E-state index contributed by atoms with van der Waals surface area (Å²) in [6.07, 6.45) is 1.88. The van der Waals surface area contributed by atoms with Gasteiger partial charge < -0.3 is 15.2 Å². The Labute approximate surface area is 89.8 Å². The lowest BCUT2D eigenvalue weighted by Gasteiger charge is -2.11. The first-order valence-electron chi connectivity index (χ1n) is 5.15. The SMILES string of the molecule is CCCCOCC(=O)NC(C)CC(=O)O. The van der Waals surface area contributed by atoms with Gasteiger partial charge in [-0.3, -0.25) is 9.59 Å². The Bertz CT molecular complexity index is 206. The fraction of sp³-hybridized carbons (Fsp3) is 0.800. The number of carboxylic acids is 1. The van der Waals surface area contributed by atoms with Gasteiger partial charge in [0.15, 0.2) is 0 Å². The maximum absolute atomic E-state index is 11.2. The van der Waals surface area contributed by atoms with Crippen LogP contribution in [0.5, 0.6) is 0 Å². The van der Waals surface area contributed by atoms with Crippen LogP contribution in [-0.2, 0) is 14.3 Å². The molecule has 0 aromatic heterocycles. The second kappa shape index (κ2) is 8.23. The van der Waals surface area contributed by atoms with Gasteiger partial charge in [-0.25, -0.2) is 0 Å². The molecule has 1 amide bonds. The van der Waals surface area contributed by atoms with Gasteiger partial charge in [0.1, 0.15) is 6.61 Å². The highest BCUT2D eigenvalue weighted by molar-refractivity contribution is 5.78. The fourth-order valence-corrected chi connectivity index (χ4v) is 1.04. The van der Waals surface area contributed by atoms with Crippen molar-refractivity contribution in [2.45, 2.75) is 39.2 Å². The summed E-state index contributed by atoms with van der Waals surface area (Å²) in [4.78, 5) is 21.5. The van der Waals surface area contributed by atoms with Crippen molar-refractivity contribution >= 4 is 11.9 Å². The largest absolute Gasteiger partial charge is 0.481 e. The van der Waals surface area contributed by atoms with E-state index in [9.17, 15) is 9.59 Å². The number of carbonyl (C=O) groups is 2. The highest BCUT2D eigenvalue weighted by Crippen LogP contribution is 1.91. The predicted molar refractivity (Wildman–Crippen MR) is 55.6 cm³/mol. The van der Waals surface area contributed by atoms with Gasteiger partial charge in [0.25, 0.3) is 0 Å². The molecule has 0 aromatic carbocycles. The van der Waals surface area contributed by atoms with Gasteiger partial charge in [-0.2, -0.15) is 0 Å². The van der Waals surface area contributed by atoms with Crippen LogP contribution in [0.3, 0.4) is 0 Å². The van der Waals surface area contributed by atoms with E-state index < -0.39 is 5.97 Å². The molecule has 0 aliphatic carbocycles. The monoisotopic (exact) mass is 217 g/mol. The van der Waals surface area contributed by atoms with Gasteiger partial charge in [-0.1, -0.05) is 13.3 Å². The van der Waals surface area contributed by atoms with E-state index in [-0.39, 0.29) is 25.0 Å². The zero-order valence-corrected chi connectivity index (χ0v) is 9.28. The van der Waals surface area contributed by atoms with E-state index >= 15 is 0 Å². The third kappa shape index (κ3) is 9.21. The molecule has 1 unspecified atom stereocenters. The molecular formula is C10H19NO4. The minimum absolute atomic E-state index is 0.00393. The number of carboxylic acid groups (broad SMARTS) is 1. The van der Waals surface area contributed by atoms with Crippen molar-refractivity contribution in [2.75, 3.05) is 13.2 Å². The van der Waals surface area contributed by atoms with Gasteiger partial charge in [-0.05, 0) is 13.3 Å². The number of hydrogen-bond donors (Lipinski definition) is 2. The number of nitrogens with one attached hydrogen (secondary N) is 1. The molecule has 0 aliphatic heterocycles. The van der Waals surface area contributed by atoms with Crippen molar-refractivity contribution in [1.82, 2.24) is 5.32 Å². The fourth-order valence-electron chi connectivity index (χ4n) is 1.04. The summed E-state index contributed by atoms with van der Waals surface area (Å²) >= 11 is 0. The average Bonchev–Trinajstić information content (AvgIpc) is 2.10. The zero-order valence-electron chi connectivity index (χ0n) is 9.28. The lowest BCUT2D eigenvalue weighted by Crippen LogP contribution is -2.36. The van der Waals surface area contributed by atoms with Gasteiger partial charge in [-0.15, -0.1) is 0 Å². The molecule has 0 saturated carbocycles. The molecule has 0 rings (SSSR count). The zero-order chi connectivity index (χ0) is 11.7. The summed E-state index contributed by atoms with van der Waals surface area (Å²) in [5.74, 6) is -1.19. The Morgan fingerprint density at radius 2 is 2.13 bits per heavy atom. The van der Waals surface area contributed by atoms with Crippen molar-refractivity contribution in [3.63, 3.8) is 0 Å². The molecule has 2 N–H and O–H groups in total. The second-order valence-corrected chi connectivity index (χ2v) is 3.47. The first-order chi connectivity index (χ1) is 7.06. The van der Waals surface area contributed by atoms with Gasteiger partial charge in [0, 0.05) is 12.6 Å². The van der Waals surface area contributed by atoms with Crippen LogP contribution in [0.15, 0.2) is 0 Å². The van der Waals surface area contributed by atoms with Crippen LogP contribution in [-0.4, -0.2) is 36.2 Å². The number of rotatable bonds is 8. The normalized spacial score (nSPS) is 12.1. The van der Waals surface area contributed by atoms with Crippen LogP contribution in [0.4, 0.5) is 0 Å². The number of unbranched alkanes of at least 4 members (excludes halogenated alkanes) is 1. The van der Waals surface area contributed by atoms with E-state index in [1.165, 1.54) is 0 Å². The smallest absolute Gasteiger partial charge is 0.305 e. The van der Waals surface area contributed by atoms with E-state index in [4.69, 9.17) is 9.84 Å². The summed E-state index contributed by atoms with van der Waals surface area (Å²) in [6, 6.07) is -0.357. The van der Waals surface area contributed by atoms with Crippen LogP contribution in [0.1, 0.15) is 33.1 Å². The third-order valence-electron chi connectivity index (χ3n) is 1.76. The molecule has 1 atom stereocenters. The Balaban J connectivity index is 3.51. The van der Waals surface area contributed by atoms with Gasteiger partial charge in [0.05, 0.1) is 6.42 Å². The van der Waals surface area contributed by atoms with Crippen molar-refractivity contribution in [2.24, 2.45) is 0 Å². The molecule has 0 heterocycles. The van der Waals surface area contributed by atoms with Gasteiger partial charge >= 0.3 is 5.97 Å². The topological polar surface area (TPSA) is 75.6 Å². The molecule has 0 radical (unpaired) electrons. The average molecular weight is 217 g/mol. The number of hydrogen-bond acceptors (Lipinski definition) is 3. The van der Waals surface area contributed by atoms with Crippen molar-refractivity contribution in [1.29, 1.82) is 0 Å².